The fourth-order valence-corrected chi connectivity index (χ4v) is 2.15. The van der Waals surface area contributed by atoms with Crippen molar-refractivity contribution in [3.05, 3.63) is 0 Å². The molecule has 15 heavy (non-hydrogen) atoms. The number of hydrogen-bond acceptors (Lipinski definition) is 3. The molecule has 0 amide bonds. The molecule has 1 aliphatic heterocycles. The fraction of sp³-hybridized carbons (Fsp3) is 1.00. The molecule has 2 unspecified atom stereocenters. The van der Waals surface area contributed by atoms with E-state index < -0.39 is 6.43 Å². The van der Waals surface area contributed by atoms with Crippen LogP contribution in [-0.2, 0) is 0 Å². The summed E-state index contributed by atoms with van der Waals surface area (Å²) < 4.78 is 24.3. The van der Waals surface area contributed by atoms with Gasteiger partial charge in [0, 0.05) is 18.1 Å². The van der Waals surface area contributed by atoms with Crippen LogP contribution >= 0.6 is 0 Å². The first kappa shape index (κ1) is 12.8. The van der Waals surface area contributed by atoms with Crippen molar-refractivity contribution in [2.24, 2.45) is 5.73 Å². The van der Waals surface area contributed by atoms with Crippen LogP contribution in [0.2, 0.25) is 0 Å². The predicted octanol–water partition coefficient (Wildman–Crippen LogP) is 0.653. The molecule has 0 aromatic heterocycles. The maximum absolute atomic E-state index is 12.2. The van der Waals surface area contributed by atoms with E-state index in [-0.39, 0.29) is 12.1 Å². The SMILES string of the molecule is CC1CC(CN)(NCC(F)F)CCN1C. The molecule has 1 fully saturated rings. The van der Waals surface area contributed by atoms with Crippen molar-refractivity contribution < 1.29 is 8.78 Å². The number of nitrogens with one attached hydrogen (secondary N) is 1. The van der Waals surface area contributed by atoms with Gasteiger partial charge in [-0.25, -0.2) is 8.78 Å². The number of nitrogens with zero attached hydrogens (tertiary/aromatic N) is 1. The third-order valence-corrected chi connectivity index (χ3v) is 3.40. The smallest absolute Gasteiger partial charge is 0.250 e. The second kappa shape index (κ2) is 5.18. The monoisotopic (exact) mass is 221 g/mol. The highest BCUT2D eigenvalue weighted by atomic mass is 19.3. The van der Waals surface area contributed by atoms with E-state index in [4.69, 9.17) is 5.73 Å². The van der Waals surface area contributed by atoms with Crippen LogP contribution in [0.5, 0.6) is 0 Å². The topological polar surface area (TPSA) is 41.3 Å². The Morgan fingerprint density at radius 3 is 2.73 bits per heavy atom. The van der Waals surface area contributed by atoms with Crippen LogP contribution in [0.25, 0.3) is 0 Å². The average molecular weight is 221 g/mol. The molecule has 1 saturated heterocycles. The number of nitrogens with two attached hydrogens (primary N) is 1. The molecule has 0 aliphatic carbocycles. The van der Waals surface area contributed by atoms with Crippen LogP contribution in [0.15, 0.2) is 0 Å². The minimum absolute atomic E-state index is 0.256. The van der Waals surface area contributed by atoms with Gasteiger partial charge in [-0.1, -0.05) is 0 Å². The van der Waals surface area contributed by atoms with Crippen LogP contribution in [0.4, 0.5) is 8.78 Å². The van der Waals surface area contributed by atoms with E-state index in [2.05, 4.69) is 24.2 Å². The van der Waals surface area contributed by atoms with E-state index in [9.17, 15) is 8.78 Å². The summed E-state index contributed by atoms with van der Waals surface area (Å²) in [6.07, 6.45) is -0.618. The number of rotatable bonds is 4. The van der Waals surface area contributed by atoms with Gasteiger partial charge in [0.2, 0.25) is 0 Å². The van der Waals surface area contributed by atoms with Crippen molar-refractivity contribution in [3.63, 3.8) is 0 Å². The second-order valence-electron chi connectivity index (χ2n) is 4.54. The Kier molecular flexibility index (Phi) is 4.43. The summed E-state index contributed by atoms with van der Waals surface area (Å²) in [7, 11) is 2.05. The average Bonchev–Trinajstić information content (AvgIpc) is 2.20. The van der Waals surface area contributed by atoms with Crippen molar-refractivity contribution >= 4 is 0 Å². The van der Waals surface area contributed by atoms with E-state index in [1.807, 2.05) is 0 Å². The molecule has 0 radical (unpaired) electrons. The number of piperidine rings is 1. The Morgan fingerprint density at radius 2 is 2.27 bits per heavy atom. The van der Waals surface area contributed by atoms with Gasteiger partial charge >= 0.3 is 0 Å². The van der Waals surface area contributed by atoms with E-state index in [0.29, 0.717) is 12.6 Å². The van der Waals surface area contributed by atoms with Crippen molar-refractivity contribution in [1.29, 1.82) is 0 Å². The Labute approximate surface area is 90.0 Å². The van der Waals surface area contributed by atoms with Gasteiger partial charge < -0.3 is 16.0 Å². The Balaban J connectivity index is 2.53. The lowest BCUT2D eigenvalue weighted by Gasteiger charge is -2.44. The predicted molar refractivity (Wildman–Crippen MR) is 57.1 cm³/mol. The van der Waals surface area contributed by atoms with Gasteiger partial charge in [-0.3, -0.25) is 0 Å². The van der Waals surface area contributed by atoms with Crippen LogP contribution < -0.4 is 11.1 Å². The van der Waals surface area contributed by atoms with E-state index >= 15 is 0 Å². The normalized spacial score (nSPS) is 33.6. The lowest BCUT2D eigenvalue weighted by molar-refractivity contribution is 0.0826. The first-order valence-corrected chi connectivity index (χ1v) is 5.42. The van der Waals surface area contributed by atoms with Crippen LogP contribution in [-0.4, -0.2) is 49.6 Å². The number of alkyl halides is 2. The molecule has 1 rings (SSSR count). The zero-order valence-corrected chi connectivity index (χ0v) is 9.47. The molecule has 2 atom stereocenters. The summed E-state index contributed by atoms with van der Waals surface area (Å²) in [6.45, 7) is 3.19. The van der Waals surface area contributed by atoms with E-state index in [0.717, 1.165) is 19.4 Å². The molecule has 1 heterocycles. The molecular formula is C10H21F2N3. The van der Waals surface area contributed by atoms with Crippen molar-refractivity contribution in [2.45, 2.75) is 37.8 Å². The van der Waals surface area contributed by atoms with Gasteiger partial charge in [0.15, 0.2) is 0 Å². The van der Waals surface area contributed by atoms with E-state index in [1.165, 1.54) is 0 Å². The quantitative estimate of drug-likeness (QED) is 0.732. The Hall–Kier alpha value is -0.260. The minimum atomic E-state index is -2.30. The molecule has 0 aromatic carbocycles. The van der Waals surface area contributed by atoms with Crippen LogP contribution in [0.1, 0.15) is 19.8 Å². The standard InChI is InChI=1S/C10H21F2N3/c1-8-5-10(7-13,3-4-15(8)2)14-6-9(11)12/h8-9,14H,3-7,13H2,1-2H3. The van der Waals surface area contributed by atoms with Gasteiger partial charge in [0.25, 0.3) is 6.43 Å². The maximum atomic E-state index is 12.2. The summed E-state index contributed by atoms with van der Waals surface area (Å²) in [5.41, 5.74) is 5.42. The summed E-state index contributed by atoms with van der Waals surface area (Å²) in [5, 5.41) is 2.93. The molecule has 0 aromatic rings. The van der Waals surface area contributed by atoms with Crippen molar-refractivity contribution in [2.75, 3.05) is 26.7 Å². The largest absolute Gasteiger partial charge is 0.329 e. The van der Waals surface area contributed by atoms with Crippen LogP contribution in [0, 0.1) is 0 Å². The third kappa shape index (κ3) is 3.36. The molecule has 3 N–H and O–H groups in total. The molecule has 3 nitrogen and oxygen atoms in total. The second-order valence-corrected chi connectivity index (χ2v) is 4.54. The highest BCUT2D eigenvalue weighted by Crippen LogP contribution is 2.25. The van der Waals surface area contributed by atoms with Gasteiger partial charge in [-0.15, -0.1) is 0 Å². The Bertz CT molecular complexity index is 201. The van der Waals surface area contributed by atoms with Gasteiger partial charge in [0.05, 0.1) is 6.54 Å². The molecule has 90 valence electrons. The lowest BCUT2D eigenvalue weighted by atomic mass is 9.84. The van der Waals surface area contributed by atoms with Gasteiger partial charge in [0.1, 0.15) is 0 Å². The first-order chi connectivity index (χ1) is 6.99. The minimum Gasteiger partial charge on any atom is -0.329 e. The first-order valence-electron chi connectivity index (χ1n) is 5.42. The number of hydrogen-bond donors (Lipinski definition) is 2. The molecule has 0 spiro atoms. The summed E-state index contributed by atoms with van der Waals surface area (Å²) in [6, 6.07) is 0.396. The van der Waals surface area contributed by atoms with Gasteiger partial charge in [-0.05, 0) is 33.4 Å². The molecule has 0 bridgehead atoms. The van der Waals surface area contributed by atoms with E-state index in [1.54, 1.807) is 0 Å². The zero-order valence-electron chi connectivity index (χ0n) is 9.47. The zero-order chi connectivity index (χ0) is 11.5. The summed E-state index contributed by atoms with van der Waals surface area (Å²) in [5.74, 6) is 0. The Morgan fingerprint density at radius 1 is 1.60 bits per heavy atom. The number of halogens is 2. The maximum Gasteiger partial charge on any atom is 0.250 e. The summed E-state index contributed by atoms with van der Waals surface area (Å²) in [4.78, 5) is 2.23. The highest BCUT2D eigenvalue weighted by Gasteiger charge is 2.35. The van der Waals surface area contributed by atoms with Crippen LogP contribution in [0.3, 0.4) is 0 Å². The highest BCUT2D eigenvalue weighted by molar-refractivity contribution is 4.96. The fourth-order valence-electron chi connectivity index (χ4n) is 2.15. The summed E-state index contributed by atoms with van der Waals surface area (Å²) >= 11 is 0. The molecule has 5 heteroatoms. The molecule has 0 saturated carbocycles. The lowest BCUT2D eigenvalue weighted by Crippen LogP contribution is -2.60. The third-order valence-electron chi connectivity index (χ3n) is 3.40. The number of likely N-dealkylation sites (tertiary alicyclic amines) is 1. The molecule has 1 aliphatic rings. The van der Waals surface area contributed by atoms with Crippen molar-refractivity contribution in [3.8, 4) is 0 Å². The van der Waals surface area contributed by atoms with Crippen molar-refractivity contribution in [1.82, 2.24) is 10.2 Å². The molecular weight excluding hydrogens is 200 g/mol. The van der Waals surface area contributed by atoms with Gasteiger partial charge in [-0.2, -0.15) is 0 Å².